The summed E-state index contributed by atoms with van der Waals surface area (Å²) in [6.45, 7) is 8.45. The van der Waals surface area contributed by atoms with Crippen molar-refractivity contribution in [2.45, 2.75) is 51.8 Å². The van der Waals surface area contributed by atoms with Crippen molar-refractivity contribution in [2.24, 2.45) is 5.92 Å². The summed E-state index contributed by atoms with van der Waals surface area (Å²) in [6, 6.07) is 10.9. The van der Waals surface area contributed by atoms with E-state index in [1.54, 1.807) is 0 Å². The van der Waals surface area contributed by atoms with Gasteiger partial charge in [-0.1, -0.05) is 44.2 Å². The molecule has 1 saturated heterocycles. The van der Waals surface area contributed by atoms with Gasteiger partial charge in [0.2, 0.25) is 0 Å². The predicted molar refractivity (Wildman–Crippen MR) is 95.6 cm³/mol. The Morgan fingerprint density at radius 2 is 2.04 bits per heavy atom. The third-order valence-electron chi connectivity index (χ3n) is 4.89. The number of hydrogen-bond donors (Lipinski definition) is 0. The minimum absolute atomic E-state index is 0.205. The van der Waals surface area contributed by atoms with Gasteiger partial charge in [-0.05, 0) is 30.7 Å². The van der Waals surface area contributed by atoms with Crippen LogP contribution in [0.25, 0.3) is 0 Å². The Morgan fingerprint density at radius 1 is 1.29 bits per heavy atom. The van der Waals surface area contributed by atoms with Crippen LogP contribution in [-0.4, -0.2) is 54.1 Å². The summed E-state index contributed by atoms with van der Waals surface area (Å²) in [4.78, 5) is 17.4. The first-order chi connectivity index (χ1) is 11.6. The first-order valence-corrected chi connectivity index (χ1v) is 9.32. The molecule has 1 atom stereocenters. The second-order valence-electron chi connectivity index (χ2n) is 7.53. The molecule has 1 saturated carbocycles. The molecule has 0 aromatic heterocycles. The summed E-state index contributed by atoms with van der Waals surface area (Å²) < 4.78 is 5.84. The fourth-order valence-corrected chi connectivity index (χ4v) is 3.28. The molecule has 3 rings (SSSR count). The van der Waals surface area contributed by atoms with Crippen LogP contribution in [-0.2, 0) is 16.1 Å². The Hall–Kier alpha value is -1.39. The highest BCUT2D eigenvalue weighted by molar-refractivity contribution is 5.82. The standard InChI is InChI=1S/C20H30N2O2/c1-16(2)10-11-22(18-8-9-18)20(23)19-15-21(12-13-24-19)14-17-6-4-3-5-7-17/h3-7,16,18-19H,8-15H2,1-2H3/t19-/m0/s1. The molecule has 4 heteroatoms. The smallest absolute Gasteiger partial charge is 0.253 e. The van der Waals surface area contributed by atoms with Gasteiger partial charge in [-0.15, -0.1) is 0 Å². The van der Waals surface area contributed by atoms with Crippen molar-refractivity contribution < 1.29 is 9.53 Å². The summed E-state index contributed by atoms with van der Waals surface area (Å²) in [6.07, 6.45) is 3.09. The highest BCUT2D eigenvalue weighted by Gasteiger charge is 2.37. The molecule has 24 heavy (non-hydrogen) atoms. The average Bonchev–Trinajstić information content (AvgIpc) is 3.41. The van der Waals surface area contributed by atoms with Crippen molar-refractivity contribution in [1.82, 2.24) is 9.80 Å². The van der Waals surface area contributed by atoms with Crippen molar-refractivity contribution in [3.8, 4) is 0 Å². The van der Waals surface area contributed by atoms with Crippen molar-refractivity contribution in [3.05, 3.63) is 35.9 Å². The van der Waals surface area contributed by atoms with Gasteiger partial charge in [0.1, 0.15) is 6.10 Å². The molecule has 1 aromatic carbocycles. The number of carbonyl (C=O) groups excluding carboxylic acids is 1. The Morgan fingerprint density at radius 3 is 2.71 bits per heavy atom. The topological polar surface area (TPSA) is 32.8 Å². The lowest BCUT2D eigenvalue weighted by Crippen LogP contribution is -2.51. The van der Waals surface area contributed by atoms with E-state index in [4.69, 9.17) is 4.74 Å². The number of ether oxygens (including phenoxy) is 1. The fourth-order valence-electron chi connectivity index (χ4n) is 3.28. The summed E-state index contributed by atoms with van der Waals surface area (Å²) in [7, 11) is 0. The van der Waals surface area contributed by atoms with Crippen LogP contribution in [0.15, 0.2) is 30.3 Å². The van der Waals surface area contributed by atoms with Gasteiger partial charge in [-0.2, -0.15) is 0 Å². The van der Waals surface area contributed by atoms with Gasteiger partial charge in [0, 0.05) is 32.2 Å². The zero-order valence-electron chi connectivity index (χ0n) is 15.0. The van der Waals surface area contributed by atoms with Gasteiger partial charge in [-0.25, -0.2) is 0 Å². The summed E-state index contributed by atoms with van der Waals surface area (Å²) in [5, 5.41) is 0. The number of rotatable bonds is 7. The number of nitrogens with zero attached hydrogens (tertiary/aromatic N) is 2. The molecule has 0 bridgehead atoms. The van der Waals surface area contributed by atoms with E-state index in [1.807, 2.05) is 6.07 Å². The zero-order valence-corrected chi connectivity index (χ0v) is 15.0. The van der Waals surface area contributed by atoms with E-state index in [1.165, 1.54) is 5.56 Å². The second kappa shape index (κ2) is 8.13. The molecule has 1 aliphatic heterocycles. The van der Waals surface area contributed by atoms with Gasteiger partial charge < -0.3 is 9.64 Å². The molecule has 2 fully saturated rings. The minimum Gasteiger partial charge on any atom is -0.366 e. The molecule has 1 amide bonds. The number of amides is 1. The third kappa shape index (κ3) is 4.81. The molecule has 0 spiro atoms. The molecule has 1 aliphatic carbocycles. The van der Waals surface area contributed by atoms with Gasteiger partial charge in [0.05, 0.1) is 6.61 Å². The van der Waals surface area contributed by atoms with Crippen LogP contribution < -0.4 is 0 Å². The first kappa shape index (κ1) is 17.4. The molecule has 1 heterocycles. The van der Waals surface area contributed by atoms with E-state index in [0.717, 1.165) is 38.9 Å². The Balaban J connectivity index is 1.57. The number of benzene rings is 1. The molecule has 2 aliphatic rings. The highest BCUT2D eigenvalue weighted by Crippen LogP contribution is 2.29. The van der Waals surface area contributed by atoms with Gasteiger partial charge in [0.15, 0.2) is 0 Å². The molecule has 1 aromatic rings. The summed E-state index contributed by atoms with van der Waals surface area (Å²) in [5.41, 5.74) is 1.30. The quantitative estimate of drug-likeness (QED) is 0.771. The Kier molecular flexibility index (Phi) is 5.90. The zero-order chi connectivity index (χ0) is 16.9. The van der Waals surface area contributed by atoms with E-state index < -0.39 is 0 Å². The van der Waals surface area contributed by atoms with Crippen molar-refractivity contribution in [3.63, 3.8) is 0 Å². The Labute approximate surface area is 145 Å². The van der Waals surface area contributed by atoms with Crippen molar-refractivity contribution in [2.75, 3.05) is 26.2 Å². The van der Waals surface area contributed by atoms with Crippen LogP contribution >= 0.6 is 0 Å². The van der Waals surface area contributed by atoms with E-state index in [0.29, 0.717) is 25.1 Å². The number of morpholine rings is 1. The largest absolute Gasteiger partial charge is 0.366 e. The summed E-state index contributed by atoms with van der Waals surface area (Å²) in [5.74, 6) is 0.830. The Bertz CT molecular complexity index is 528. The lowest BCUT2D eigenvalue weighted by Gasteiger charge is -2.35. The summed E-state index contributed by atoms with van der Waals surface area (Å²) >= 11 is 0. The molecule has 4 nitrogen and oxygen atoms in total. The first-order valence-electron chi connectivity index (χ1n) is 9.32. The van der Waals surface area contributed by atoms with E-state index in [2.05, 4.69) is 47.9 Å². The van der Waals surface area contributed by atoms with Crippen LogP contribution in [0.3, 0.4) is 0 Å². The minimum atomic E-state index is -0.296. The maximum Gasteiger partial charge on any atom is 0.253 e. The molecule has 132 valence electrons. The third-order valence-corrected chi connectivity index (χ3v) is 4.89. The monoisotopic (exact) mass is 330 g/mol. The van der Waals surface area contributed by atoms with E-state index in [9.17, 15) is 4.79 Å². The SMILES string of the molecule is CC(C)CCN(C(=O)[C@@H]1CN(Cc2ccccc2)CCO1)C1CC1. The fraction of sp³-hybridized carbons (Fsp3) is 0.650. The molecular weight excluding hydrogens is 300 g/mol. The average molecular weight is 330 g/mol. The van der Waals surface area contributed by atoms with Gasteiger partial charge in [-0.3, -0.25) is 9.69 Å². The normalized spacial score (nSPS) is 21.9. The maximum absolute atomic E-state index is 13.0. The maximum atomic E-state index is 13.0. The molecule has 0 unspecified atom stereocenters. The molecule has 0 N–H and O–H groups in total. The van der Waals surface area contributed by atoms with E-state index in [-0.39, 0.29) is 12.0 Å². The van der Waals surface area contributed by atoms with E-state index >= 15 is 0 Å². The number of hydrogen-bond acceptors (Lipinski definition) is 3. The lowest BCUT2D eigenvalue weighted by atomic mass is 10.1. The highest BCUT2D eigenvalue weighted by atomic mass is 16.5. The lowest BCUT2D eigenvalue weighted by molar-refractivity contribution is -0.150. The van der Waals surface area contributed by atoms with Crippen molar-refractivity contribution in [1.29, 1.82) is 0 Å². The molecule has 0 radical (unpaired) electrons. The second-order valence-corrected chi connectivity index (χ2v) is 7.53. The molecular formula is C20H30N2O2. The van der Waals surface area contributed by atoms with Crippen LogP contribution in [0, 0.1) is 5.92 Å². The van der Waals surface area contributed by atoms with Crippen molar-refractivity contribution >= 4 is 5.91 Å². The van der Waals surface area contributed by atoms with Crippen LogP contribution in [0.1, 0.15) is 38.7 Å². The van der Waals surface area contributed by atoms with Gasteiger partial charge in [0.25, 0.3) is 5.91 Å². The predicted octanol–water partition coefficient (Wildman–Crippen LogP) is 2.92. The van der Waals surface area contributed by atoms with Crippen LogP contribution in [0.5, 0.6) is 0 Å². The van der Waals surface area contributed by atoms with Crippen LogP contribution in [0.4, 0.5) is 0 Å². The number of carbonyl (C=O) groups is 1. The van der Waals surface area contributed by atoms with Gasteiger partial charge >= 0.3 is 0 Å². The van der Waals surface area contributed by atoms with Crippen LogP contribution in [0.2, 0.25) is 0 Å².